The molecule has 0 amide bonds. The molecule has 1 unspecified atom stereocenters. The third-order valence-corrected chi connectivity index (χ3v) is 3.84. The fourth-order valence-corrected chi connectivity index (χ4v) is 2.04. The Labute approximate surface area is 146 Å². The first-order valence-corrected chi connectivity index (χ1v) is 7.19. The molecule has 0 spiro atoms. The summed E-state index contributed by atoms with van der Waals surface area (Å²) in [4.78, 5) is 0. The van der Waals surface area contributed by atoms with Crippen molar-refractivity contribution in [3.05, 3.63) is 34.3 Å². The zero-order valence-electron chi connectivity index (χ0n) is 12.1. The summed E-state index contributed by atoms with van der Waals surface area (Å²) < 4.78 is 142. The van der Waals surface area contributed by atoms with Crippen molar-refractivity contribution in [2.45, 2.75) is 42.4 Å². The number of benzene rings is 1. The number of alkyl halides is 11. The van der Waals surface area contributed by atoms with E-state index >= 15 is 0 Å². The summed E-state index contributed by atoms with van der Waals surface area (Å²) in [5, 5.41) is 9.46. The van der Waals surface area contributed by atoms with E-state index in [9.17, 15) is 53.4 Å². The van der Waals surface area contributed by atoms with Crippen LogP contribution in [0.2, 0.25) is 0 Å². The van der Waals surface area contributed by atoms with E-state index in [2.05, 4.69) is 15.9 Å². The summed E-state index contributed by atoms with van der Waals surface area (Å²) in [6, 6.07) is 4.15. The van der Waals surface area contributed by atoms with Gasteiger partial charge in [0, 0.05) is 10.9 Å². The van der Waals surface area contributed by atoms with Crippen molar-refractivity contribution < 1.29 is 53.4 Å². The Hall–Kier alpha value is -1.11. The van der Waals surface area contributed by atoms with Crippen molar-refractivity contribution in [2.75, 3.05) is 0 Å². The van der Waals surface area contributed by atoms with Crippen molar-refractivity contribution in [1.29, 1.82) is 0 Å². The van der Waals surface area contributed by atoms with Crippen LogP contribution in [0, 0.1) is 0 Å². The van der Waals surface area contributed by atoms with Gasteiger partial charge < -0.3 is 5.11 Å². The second kappa shape index (κ2) is 6.80. The zero-order valence-corrected chi connectivity index (χ0v) is 13.7. The van der Waals surface area contributed by atoms with Crippen LogP contribution in [-0.2, 0) is 0 Å². The number of hydrogen-bond acceptors (Lipinski definition) is 1. The zero-order chi connectivity index (χ0) is 20.8. The molecule has 1 atom stereocenters. The molecule has 1 aromatic carbocycles. The SMILES string of the molecule is OC(CC(F)(F)C(F)(F)C(F)(F)C(F)(F)C(F)(F)F)c1ccc(Br)cc1. The highest BCUT2D eigenvalue weighted by Crippen LogP contribution is 2.58. The molecule has 0 aliphatic rings. The summed E-state index contributed by atoms with van der Waals surface area (Å²) >= 11 is 2.92. The van der Waals surface area contributed by atoms with Crippen molar-refractivity contribution in [2.24, 2.45) is 0 Å². The lowest BCUT2D eigenvalue weighted by molar-refractivity contribution is -0.423. The minimum Gasteiger partial charge on any atom is -0.388 e. The lowest BCUT2D eigenvalue weighted by atomic mass is 9.92. The van der Waals surface area contributed by atoms with Gasteiger partial charge in [-0.25, -0.2) is 0 Å². The van der Waals surface area contributed by atoms with Crippen molar-refractivity contribution >= 4 is 15.9 Å². The molecule has 0 heterocycles. The molecule has 0 fully saturated rings. The number of aliphatic hydroxyl groups is 1. The van der Waals surface area contributed by atoms with Crippen LogP contribution in [0.1, 0.15) is 18.1 Å². The van der Waals surface area contributed by atoms with E-state index in [0.29, 0.717) is 4.47 Å². The van der Waals surface area contributed by atoms with Crippen LogP contribution in [0.3, 0.4) is 0 Å². The molecular weight excluding hydrogens is 461 g/mol. The minimum absolute atomic E-state index is 0.363. The maximum absolute atomic E-state index is 13.5. The van der Waals surface area contributed by atoms with Crippen LogP contribution < -0.4 is 0 Å². The van der Waals surface area contributed by atoms with Crippen LogP contribution in [0.25, 0.3) is 0 Å². The molecule has 1 nitrogen and oxygen atoms in total. The summed E-state index contributed by atoms with van der Waals surface area (Å²) in [6.07, 6.45) is -12.3. The number of hydrogen-bond donors (Lipinski definition) is 1. The van der Waals surface area contributed by atoms with Gasteiger partial charge in [0.25, 0.3) is 0 Å². The Bertz CT molecular complexity index is 624. The van der Waals surface area contributed by atoms with Crippen LogP contribution in [0.4, 0.5) is 48.3 Å². The third kappa shape index (κ3) is 3.78. The number of halogens is 12. The predicted octanol–water partition coefficient (Wildman–Crippen LogP) is 5.98. The molecule has 0 bridgehead atoms. The highest BCUT2D eigenvalue weighted by molar-refractivity contribution is 9.10. The summed E-state index contributed by atoms with van der Waals surface area (Å²) in [5.74, 6) is -28.1. The second-order valence-electron chi connectivity index (χ2n) is 5.20. The van der Waals surface area contributed by atoms with Gasteiger partial charge in [0.1, 0.15) is 0 Å². The van der Waals surface area contributed by atoms with E-state index in [4.69, 9.17) is 0 Å². The maximum Gasteiger partial charge on any atom is 0.460 e. The van der Waals surface area contributed by atoms with E-state index in [1.54, 1.807) is 0 Å². The minimum atomic E-state index is -7.47. The quantitative estimate of drug-likeness (QED) is 0.509. The lowest BCUT2D eigenvalue weighted by Crippen LogP contribution is -2.66. The van der Waals surface area contributed by atoms with E-state index < -0.39 is 48.0 Å². The highest BCUT2D eigenvalue weighted by Gasteiger charge is 2.87. The molecule has 1 rings (SSSR count). The van der Waals surface area contributed by atoms with Gasteiger partial charge >= 0.3 is 29.9 Å². The average molecular weight is 469 g/mol. The predicted molar refractivity (Wildman–Crippen MR) is 69.6 cm³/mol. The van der Waals surface area contributed by atoms with Crippen LogP contribution in [0.5, 0.6) is 0 Å². The number of aliphatic hydroxyl groups excluding tert-OH is 1. The van der Waals surface area contributed by atoms with E-state index in [0.717, 1.165) is 24.3 Å². The monoisotopic (exact) mass is 468 g/mol. The Kier molecular flexibility index (Phi) is 6.00. The van der Waals surface area contributed by atoms with Gasteiger partial charge in [0.15, 0.2) is 0 Å². The first-order valence-electron chi connectivity index (χ1n) is 6.40. The standard InChI is InChI=1S/C13H8BrF11O/c14-7-3-1-6(2-4-7)8(26)5-9(15,16)10(17,18)11(19,20)12(21,22)13(23,24)25/h1-4,8,26H,5H2. The molecule has 0 aliphatic heterocycles. The molecular formula is C13H8BrF11O. The Morgan fingerprint density at radius 2 is 1.15 bits per heavy atom. The summed E-state index contributed by atoms with van der Waals surface area (Å²) in [6.45, 7) is 0. The maximum atomic E-state index is 13.5. The van der Waals surface area contributed by atoms with Gasteiger partial charge in [-0.05, 0) is 17.7 Å². The fourth-order valence-electron chi connectivity index (χ4n) is 1.78. The van der Waals surface area contributed by atoms with E-state index in [1.807, 2.05) is 0 Å². The molecule has 0 aliphatic carbocycles. The van der Waals surface area contributed by atoms with E-state index in [-0.39, 0.29) is 0 Å². The van der Waals surface area contributed by atoms with Crippen molar-refractivity contribution in [3.63, 3.8) is 0 Å². The second-order valence-corrected chi connectivity index (χ2v) is 6.11. The van der Waals surface area contributed by atoms with Gasteiger partial charge in [0.2, 0.25) is 0 Å². The smallest absolute Gasteiger partial charge is 0.388 e. The van der Waals surface area contributed by atoms with Crippen LogP contribution >= 0.6 is 15.9 Å². The molecule has 1 N–H and O–H groups in total. The Balaban J connectivity index is 3.21. The molecule has 0 saturated carbocycles. The average Bonchev–Trinajstić information content (AvgIpc) is 2.45. The largest absolute Gasteiger partial charge is 0.460 e. The van der Waals surface area contributed by atoms with Gasteiger partial charge in [-0.15, -0.1) is 0 Å². The molecule has 0 saturated heterocycles. The van der Waals surface area contributed by atoms with Gasteiger partial charge in [-0.3, -0.25) is 0 Å². The van der Waals surface area contributed by atoms with Crippen LogP contribution in [-0.4, -0.2) is 35.0 Å². The third-order valence-electron chi connectivity index (χ3n) is 3.31. The van der Waals surface area contributed by atoms with E-state index in [1.165, 1.54) is 0 Å². The first-order chi connectivity index (χ1) is 11.4. The van der Waals surface area contributed by atoms with Crippen molar-refractivity contribution in [1.82, 2.24) is 0 Å². The Morgan fingerprint density at radius 3 is 1.54 bits per heavy atom. The van der Waals surface area contributed by atoms with Gasteiger partial charge in [-0.2, -0.15) is 48.3 Å². The van der Waals surface area contributed by atoms with Gasteiger partial charge in [0.05, 0.1) is 6.10 Å². The molecule has 0 radical (unpaired) electrons. The summed E-state index contributed by atoms with van der Waals surface area (Å²) in [7, 11) is 0. The lowest BCUT2D eigenvalue weighted by Gasteiger charge is -2.37. The fraction of sp³-hybridized carbons (Fsp3) is 0.538. The topological polar surface area (TPSA) is 20.2 Å². The molecule has 13 heteroatoms. The first kappa shape index (κ1) is 22.9. The van der Waals surface area contributed by atoms with Crippen molar-refractivity contribution in [3.8, 4) is 0 Å². The van der Waals surface area contributed by atoms with Gasteiger partial charge in [-0.1, -0.05) is 28.1 Å². The van der Waals surface area contributed by atoms with Crippen LogP contribution in [0.15, 0.2) is 28.7 Å². The molecule has 1 aromatic rings. The normalized spacial score (nSPS) is 15.9. The summed E-state index contributed by atoms with van der Waals surface area (Å²) in [5.41, 5.74) is -0.477. The number of rotatable bonds is 6. The Morgan fingerprint density at radius 1 is 0.731 bits per heavy atom. The molecule has 150 valence electrons. The highest BCUT2D eigenvalue weighted by atomic mass is 79.9. The molecule has 0 aromatic heterocycles. The molecule has 26 heavy (non-hydrogen) atoms.